The van der Waals surface area contributed by atoms with Crippen LogP contribution in [0.25, 0.3) is 112 Å². The average Bonchev–Trinajstić information content (AvgIpc) is 4.13. The molecule has 0 radical (unpaired) electrons. The largest absolute Gasteiger partial charge is 0.456 e. The van der Waals surface area contributed by atoms with E-state index in [1.54, 1.807) is 0 Å². The van der Waals surface area contributed by atoms with Gasteiger partial charge in [0.05, 0.1) is 11.0 Å². The second-order valence-electron chi connectivity index (χ2n) is 16.8. The molecule has 14 rings (SSSR count). The third kappa shape index (κ3) is 5.66. The number of hydrogen-bond acceptors (Lipinski definition) is 4. The third-order valence-corrected chi connectivity index (χ3v) is 15.5. The first-order chi connectivity index (χ1) is 32.2. The van der Waals surface area contributed by atoms with Crippen LogP contribution < -0.4 is 4.90 Å². The van der Waals surface area contributed by atoms with Gasteiger partial charge in [-0.3, -0.25) is 0 Å². The minimum absolute atomic E-state index is 0.899. The quantitative estimate of drug-likeness (QED) is 0.166. The zero-order chi connectivity index (χ0) is 42.6. The Morgan fingerprint density at radius 1 is 0.369 bits per heavy atom. The van der Waals surface area contributed by atoms with Gasteiger partial charge in [0.25, 0.3) is 0 Å². The van der Waals surface area contributed by atoms with Crippen molar-refractivity contribution in [2.75, 3.05) is 4.90 Å². The van der Waals surface area contributed by atoms with Crippen molar-refractivity contribution in [3.8, 4) is 27.9 Å². The molecule has 4 heterocycles. The molecule has 0 spiro atoms. The summed E-state index contributed by atoms with van der Waals surface area (Å²) < 4.78 is 13.9. The van der Waals surface area contributed by atoms with Crippen molar-refractivity contribution in [3.05, 3.63) is 218 Å². The second kappa shape index (κ2) is 14.3. The normalized spacial score (nSPS) is 12.0. The number of para-hydroxylation sites is 2. The Balaban J connectivity index is 0.961. The number of fused-ring (bicyclic) bond motifs is 13. The number of anilines is 3. The van der Waals surface area contributed by atoms with E-state index in [1.807, 2.05) is 28.7 Å². The van der Waals surface area contributed by atoms with Crippen molar-refractivity contribution in [3.63, 3.8) is 0 Å². The lowest BCUT2D eigenvalue weighted by atomic mass is 9.98. The van der Waals surface area contributed by atoms with Gasteiger partial charge in [0.1, 0.15) is 11.2 Å². The highest BCUT2D eigenvalue weighted by Crippen LogP contribution is 2.49. The van der Waals surface area contributed by atoms with E-state index in [4.69, 9.17) is 4.42 Å². The smallest absolute Gasteiger partial charge is 0.135 e. The first-order valence-electron chi connectivity index (χ1n) is 22.0. The predicted molar refractivity (Wildman–Crippen MR) is 279 cm³/mol. The van der Waals surface area contributed by atoms with Gasteiger partial charge in [-0.2, -0.15) is 0 Å². The van der Waals surface area contributed by atoms with Crippen molar-refractivity contribution >= 4 is 124 Å². The lowest BCUT2D eigenvalue weighted by Crippen LogP contribution is -2.09. The summed E-state index contributed by atoms with van der Waals surface area (Å²) in [6, 6.07) is 79.7. The number of thiophene rings is 2. The van der Waals surface area contributed by atoms with Gasteiger partial charge in [0.15, 0.2) is 0 Å². The summed E-state index contributed by atoms with van der Waals surface area (Å²) in [4.78, 5) is 2.40. The molecule has 0 aliphatic rings. The van der Waals surface area contributed by atoms with Crippen LogP contribution in [-0.2, 0) is 0 Å². The van der Waals surface area contributed by atoms with E-state index in [0.717, 1.165) is 44.7 Å². The molecule has 0 aliphatic heterocycles. The van der Waals surface area contributed by atoms with Crippen LogP contribution in [0.15, 0.2) is 223 Å². The topological polar surface area (TPSA) is 21.3 Å². The Kier molecular flexibility index (Phi) is 8.02. The fraction of sp³-hybridized carbons (Fsp3) is 0. The summed E-state index contributed by atoms with van der Waals surface area (Å²) in [7, 11) is 0. The molecule has 4 aromatic heterocycles. The summed E-state index contributed by atoms with van der Waals surface area (Å²) in [5.41, 5.74) is 13.5. The number of benzene rings is 10. The zero-order valence-corrected chi connectivity index (χ0v) is 36.5. The maximum absolute atomic E-state index is 6.29. The van der Waals surface area contributed by atoms with Gasteiger partial charge in [-0.05, 0) is 108 Å². The molecule has 0 N–H and O–H groups in total. The molecule has 3 nitrogen and oxygen atoms in total. The van der Waals surface area contributed by atoms with E-state index in [2.05, 4.69) is 222 Å². The van der Waals surface area contributed by atoms with E-state index in [9.17, 15) is 0 Å². The van der Waals surface area contributed by atoms with E-state index >= 15 is 0 Å². The van der Waals surface area contributed by atoms with Crippen molar-refractivity contribution in [2.24, 2.45) is 0 Å². The number of furan rings is 1. The first-order valence-corrected chi connectivity index (χ1v) is 23.6. The van der Waals surface area contributed by atoms with E-state index in [1.165, 1.54) is 84.4 Å². The highest BCUT2D eigenvalue weighted by atomic mass is 32.1. The molecule has 0 atom stereocenters. The SMILES string of the molecule is c1ccc(-c2ccc(N(c3ccc(-c4cc5c6ccccc6n(-c6ccc7oc8ccccc8c7c6)c5c5c4sc4ccccc45)cc3)c3ccc4sc5ccccc5c4c3)cc2)cc1. The molecule has 0 bridgehead atoms. The summed E-state index contributed by atoms with van der Waals surface area (Å²) >= 11 is 3.74. The summed E-state index contributed by atoms with van der Waals surface area (Å²) in [5.74, 6) is 0. The Morgan fingerprint density at radius 3 is 1.77 bits per heavy atom. The van der Waals surface area contributed by atoms with Crippen molar-refractivity contribution in [1.82, 2.24) is 4.57 Å². The van der Waals surface area contributed by atoms with Gasteiger partial charge >= 0.3 is 0 Å². The van der Waals surface area contributed by atoms with Crippen LogP contribution in [0.5, 0.6) is 0 Å². The maximum atomic E-state index is 6.29. The van der Waals surface area contributed by atoms with Crippen molar-refractivity contribution in [2.45, 2.75) is 0 Å². The fourth-order valence-corrected chi connectivity index (χ4v) is 12.5. The van der Waals surface area contributed by atoms with E-state index in [0.29, 0.717) is 0 Å². The molecule has 0 unspecified atom stereocenters. The van der Waals surface area contributed by atoms with Crippen LogP contribution in [0.1, 0.15) is 0 Å². The van der Waals surface area contributed by atoms with Crippen LogP contribution >= 0.6 is 22.7 Å². The molecule has 0 fully saturated rings. The molecule has 65 heavy (non-hydrogen) atoms. The van der Waals surface area contributed by atoms with Gasteiger partial charge in [-0.25, -0.2) is 0 Å². The molecule has 10 aromatic carbocycles. The van der Waals surface area contributed by atoms with Crippen LogP contribution in [-0.4, -0.2) is 4.57 Å². The highest BCUT2D eigenvalue weighted by Gasteiger charge is 2.23. The van der Waals surface area contributed by atoms with E-state index in [-0.39, 0.29) is 0 Å². The molecule has 304 valence electrons. The summed E-state index contributed by atoms with van der Waals surface area (Å²) in [5, 5.41) is 9.86. The van der Waals surface area contributed by atoms with Crippen molar-refractivity contribution < 1.29 is 4.42 Å². The molecule has 0 saturated heterocycles. The summed E-state index contributed by atoms with van der Waals surface area (Å²) in [6.45, 7) is 0. The Morgan fingerprint density at radius 2 is 0.969 bits per heavy atom. The minimum atomic E-state index is 0.899. The second-order valence-corrected chi connectivity index (χ2v) is 19.0. The van der Waals surface area contributed by atoms with Gasteiger partial charge < -0.3 is 13.9 Å². The van der Waals surface area contributed by atoms with Gasteiger partial charge in [-0.1, -0.05) is 127 Å². The lowest BCUT2D eigenvalue weighted by Gasteiger charge is -2.26. The van der Waals surface area contributed by atoms with Gasteiger partial charge in [0.2, 0.25) is 0 Å². The number of rotatable bonds is 6. The molecule has 0 aliphatic carbocycles. The fourth-order valence-electron chi connectivity index (χ4n) is 10.2. The Labute approximate surface area is 381 Å². The zero-order valence-electron chi connectivity index (χ0n) is 34.9. The van der Waals surface area contributed by atoms with E-state index < -0.39 is 0 Å². The van der Waals surface area contributed by atoms with Gasteiger partial charge in [0, 0.05) is 90.2 Å². The predicted octanol–water partition coefficient (Wildman–Crippen LogP) is 18.2. The minimum Gasteiger partial charge on any atom is -0.456 e. The molecule has 5 heteroatoms. The molecule has 0 saturated carbocycles. The van der Waals surface area contributed by atoms with Crippen LogP contribution in [0.3, 0.4) is 0 Å². The van der Waals surface area contributed by atoms with Gasteiger partial charge in [-0.15, -0.1) is 22.7 Å². The number of hydrogen-bond donors (Lipinski definition) is 0. The number of nitrogens with zero attached hydrogens (tertiary/aromatic N) is 2. The van der Waals surface area contributed by atoms with Crippen LogP contribution in [0.4, 0.5) is 17.1 Å². The molecular weight excluding hydrogens is 829 g/mol. The highest BCUT2D eigenvalue weighted by molar-refractivity contribution is 7.26. The lowest BCUT2D eigenvalue weighted by molar-refractivity contribution is 0.669. The third-order valence-electron chi connectivity index (χ3n) is 13.2. The average molecular weight is 865 g/mol. The first kappa shape index (κ1) is 36.5. The maximum Gasteiger partial charge on any atom is 0.135 e. The standard InChI is InChI=1S/C60H36N2OS2/c1-2-12-37(13-3-1)38-22-26-40(27-23-38)61(42-31-33-57-50(35-42)46-16-6-10-20-55(46)64-57)41-28-24-39(25-29-41)48-36-51-44-14-4-8-18-52(44)62(59(51)58-47-17-7-11-21-56(47)65-60(48)58)43-30-32-54-49(34-43)45-15-5-9-19-53(45)63-54/h1-36H. The van der Waals surface area contributed by atoms with Crippen LogP contribution in [0, 0.1) is 0 Å². The number of aromatic nitrogens is 1. The molecular formula is C60H36N2OS2. The Bertz CT molecular complexity index is 4170. The summed E-state index contributed by atoms with van der Waals surface area (Å²) in [6.07, 6.45) is 0. The molecule has 14 aromatic rings. The van der Waals surface area contributed by atoms with Crippen molar-refractivity contribution in [1.29, 1.82) is 0 Å². The van der Waals surface area contributed by atoms with Crippen LogP contribution in [0.2, 0.25) is 0 Å². The Hall–Kier alpha value is -7.96. The molecule has 0 amide bonds. The monoisotopic (exact) mass is 864 g/mol.